The van der Waals surface area contributed by atoms with Crippen LogP contribution in [0.15, 0.2) is 35.8 Å². The number of aromatic nitrogens is 3. The van der Waals surface area contributed by atoms with Gasteiger partial charge in [0.25, 0.3) is 5.91 Å². The third kappa shape index (κ3) is 5.65. The van der Waals surface area contributed by atoms with Crippen molar-refractivity contribution in [2.75, 3.05) is 18.0 Å². The minimum Gasteiger partial charge on any atom is -0.444 e. The fraction of sp³-hybridized carbons (Fsp3) is 0.393. The highest BCUT2D eigenvalue weighted by Crippen LogP contribution is 2.36. The van der Waals surface area contributed by atoms with Gasteiger partial charge in [-0.25, -0.2) is 14.2 Å². The molecule has 3 aromatic heterocycles. The summed E-state index contributed by atoms with van der Waals surface area (Å²) in [6.07, 6.45) is 2.35. The minimum atomic E-state index is -2.42. The molecule has 1 aliphatic rings. The number of rotatable bonds is 4. The fourth-order valence-electron chi connectivity index (χ4n) is 4.68. The van der Waals surface area contributed by atoms with E-state index in [0.717, 1.165) is 33.1 Å². The Hall–Kier alpha value is -3.44. The zero-order chi connectivity index (χ0) is 30.4. The van der Waals surface area contributed by atoms with Crippen LogP contribution in [-0.2, 0) is 4.74 Å². The van der Waals surface area contributed by atoms with Crippen LogP contribution in [0.5, 0.6) is 0 Å². The van der Waals surface area contributed by atoms with Gasteiger partial charge in [0.05, 0.1) is 11.6 Å². The third-order valence-corrected chi connectivity index (χ3v) is 8.23. The lowest BCUT2D eigenvalue weighted by Crippen LogP contribution is -2.53. The average molecular weight is 571 g/mol. The van der Waals surface area contributed by atoms with Gasteiger partial charge in [0.15, 0.2) is 0 Å². The van der Waals surface area contributed by atoms with Crippen molar-refractivity contribution >= 4 is 50.6 Å². The summed E-state index contributed by atoms with van der Waals surface area (Å²) in [7, 11) is 0. The van der Waals surface area contributed by atoms with Crippen LogP contribution >= 0.6 is 22.7 Å². The molecule has 1 fully saturated rings. The van der Waals surface area contributed by atoms with Gasteiger partial charge in [0, 0.05) is 39.0 Å². The number of ether oxygens (including phenoxy) is 1. The smallest absolute Gasteiger partial charge is 0.410 e. The molecule has 4 aromatic rings. The van der Waals surface area contributed by atoms with Crippen LogP contribution in [0.2, 0.25) is 0 Å². The van der Waals surface area contributed by atoms with E-state index < -0.39 is 36.3 Å². The maximum absolute atomic E-state index is 15.7. The Labute approximate surface area is 238 Å². The molecule has 5 rings (SSSR count). The zero-order valence-electron chi connectivity index (χ0n) is 25.0. The summed E-state index contributed by atoms with van der Waals surface area (Å²) in [5.41, 5.74) is 0.391. The Morgan fingerprint density at radius 2 is 2.08 bits per heavy atom. The number of pyridine rings is 1. The Kier molecular flexibility index (Phi) is 6.38. The molecule has 1 aliphatic heterocycles. The molecule has 4 heterocycles. The summed E-state index contributed by atoms with van der Waals surface area (Å²) in [5, 5.41) is 10.5. The molecule has 0 bridgehead atoms. The summed E-state index contributed by atoms with van der Waals surface area (Å²) in [6.45, 7) is 5.58. The Bertz CT molecular complexity index is 1650. The Morgan fingerprint density at radius 1 is 1.26 bits per heavy atom. The Morgan fingerprint density at radius 3 is 2.79 bits per heavy atom. The number of thiophene rings is 1. The van der Waals surface area contributed by atoms with Gasteiger partial charge < -0.3 is 9.64 Å². The number of likely N-dealkylation sites (tertiary alicyclic amines) is 1. The van der Waals surface area contributed by atoms with E-state index in [9.17, 15) is 9.59 Å². The summed E-state index contributed by atoms with van der Waals surface area (Å²) in [4.78, 5) is 34.9. The van der Waals surface area contributed by atoms with Gasteiger partial charge in [0.1, 0.15) is 27.3 Å². The molecular formula is C28H30FN5O3S2. The summed E-state index contributed by atoms with van der Waals surface area (Å²) in [6, 6.07) is 5.44. The van der Waals surface area contributed by atoms with E-state index in [1.165, 1.54) is 28.4 Å². The predicted molar refractivity (Wildman–Crippen MR) is 152 cm³/mol. The molecule has 0 aliphatic carbocycles. The number of hydrogen-bond donors (Lipinski definition) is 0. The van der Waals surface area contributed by atoms with E-state index in [-0.39, 0.29) is 22.1 Å². The molecule has 1 atom stereocenters. The lowest BCUT2D eigenvalue weighted by molar-refractivity contribution is 0.0196. The van der Waals surface area contributed by atoms with E-state index >= 15 is 4.39 Å². The Balaban J connectivity index is 1.53. The molecular weight excluding hydrogens is 537 g/mol. The standard InChI is InChI=1S/C28H30FN5O3S2/c1-16-15-38-22-10-11-30-24(23(16)22)34(19-7-6-12-33(14-19)27(36)37-28(3,4)5)26(35)20-9-8-18(13-21(20)29)25-32-31-17(2)39-25/h8-11,13,15,19H,6-7,12,14H2,1-5H3/t19-/m1/s1/i2D3. The van der Waals surface area contributed by atoms with Gasteiger partial charge in [-0.05, 0) is 76.5 Å². The number of hydrogen-bond acceptors (Lipinski definition) is 8. The number of fused-ring (bicyclic) bond motifs is 1. The second-order valence-corrected chi connectivity index (χ2v) is 12.3. The first-order valence-corrected chi connectivity index (χ1v) is 14.2. The van der Waals surface area contributed by atoms with Crippen LogP contribution in [0.1, 0.15) is 58.7 Å². The lowest BCUT2D eigenvalue weighted by Gasteiger charge is -2.39. The number of aryl methyl sites for hydroxylation is 2. The van der Waals surface area contributed by atoms with Crippen LogP contribution in [0.25, 0.3) is 20.7 Å². The molecule has 11 heteroatoms. The predicted octanol–water partition coefficient (Wildman–Crippen LogP) is 6.62. The van der Waals surface area contributed by atoms with Crippen molar-refractivity contribution in [3.05, 3.63) is 57.8 Å². The van der Waals surface area contributed by atoms with E-state index in [2.05, 4.69) is 15.2 Å². The van der Waals surface area contributed by atoms with Crippen molar-refractivity contribution in [1.29, 1.82) is 0 Å². The highest BCUT2D eigenvalue weighted by atomic mass is 32.1. The number of amides is 2. The van der Waals surface area contributed by atoms with Gasteiger partial charge in [-0.2, -0.15) is 0 Å². The maximum Gasteiger partial charge on any atom is 0.410 e. The maximum atomic E-state index is 15.7. The van der Waals surface area contributed by atoms with Gasteiger partial charge in [-0.3, -0.25) is 9.69 Å². The quantitative estimate of drug-likeness (QED) is 0.274. The number of anilines is 1. The van der Waals surface area contributed by atoms with Gasteiger partial charge in [-0.1, -0.05) is 17.4 Å². The first-order valence-electron chi connectivity index (χ1n) is 14.0. The molecule has 2 amide bonds. The molecule has 0 N–H and O–H groups in total. The van der Waals surface area contributed by atoms with Crippen LogP contribution in [0.3, 0.4) is 0 Å². The number of piperidine rings is 1. The summed E-state index contributed by atoms with van der Waals surface area (Å²) >= 11 is 2.38. The number of carbonyl (C=O) groups is 2. The number of halogens is 1. The zero-order valence-corrected chi connectivity index (χ0v) is 23.7. The van der Waals surface area contributed by atoms with Crippen LogP contribution in [0, 0.1) is 19.6 Å². The molecule has 0 radical (unpaired) electrons. The normalized spacial score (nSPS) is 17.4. The third-order valence-electron chi connectivity index (χ3n) is 6.38. The summed E-state index contributed by atoms with van der Waals surface area (Å²) < 4.78 is 44.8. The van der Waals surface area contributed by atoms with Crippen molar-refractivity contribution in [1.82, 2.24) is 20.1 Å². The molecule has 1 aromatic carbocycles. The van der Waals surface area contributed by atoms with Crippen molar-refractivity contribution < 1.29 is 22.8 Å². The topological polar surface area (TPSA) is 88.5 Å². The van der Waals surface area contributed by atoms with E-state index in [1.54, 1.807) is 31.9 Å². The van der Waals surface area contributed by atoms with E-state index in [4.69, 9.17) is 8.85 Å². The average Bonchev–Trinajstić information content (AvgIpc) is 3.56. The number of nitrogens with zero attached hydrogens (tertiary/aromatic N) is 5. The lowest BCUT2D eigenvalue weighted by atomic mass is 10.0. The first-order chi connectivity index (χ1) is 19.7. The number of carbonyl (C=O) groups excluding carboxylic acids is 2. The largest absolute Gasteiger partial charge is 0.444 e. The summed E-state index contributed by atoms with van der Waals surface area (Å²) in [5.74, 6) is -0.981. The first kappa shape index (κ1) is 23.4. The van der Waals surface area contributed by atoms with Crippen LogP contribution in [0.4, 0.5) is 15.0 Å². The molecule has 39 heavy (non-hydrogen) atoms. The van der Waals surface area contributed by atoms with Gasteiger partial charge >= 0.3 is 6.09 Å². The van der Waals surface area contributed by atoms with Gasteiger partial charge in [-0.15, -0.1) is 21.5 Å². The SMILES string of the molecule is [2H]C([2H])([2H])c1nnc(-c2ccc(C(=O)N(c3nccc4scc(C)c34)[C@@H]3CCCN(C(=O)OC(C)(C)C)C3)c(F)c2)s1. The van der Waals surface area contributed by atoms with Crippen molar-refractivity contribution in [2.45, 2.75) is 59.0 Å². The minimum absolute atomic E-state index is 0.152. The van der Waals surface area contributed by atoms with Crippen molar-refractivity contribution in [2.24, 2.45) is 0 Å². The van der Waals surface area contributed by atoms with E-state index in [1.807, 2.05) is 18.4 Å². The molecule has 204 valence electrons. The van der Waals surface area contributed by atoms with Crippen LogP contribution in [-0.4, -0.2) is 56.8 Å². The van der Waals surface area contributed by atoms with Gasteiger partial charge in [0.2, 0.25) is 0 Å². The molecule has 0 spiro atoms. The molecule has 1 saturated heterocycles. The fourth-order valence-corrected chi connectivity index (χ4v) is 6.20. The van der Waals surface area contributed by atoms with Crippen molar-refractivity contribution in [3.8, 4) is 10.6 Å². The van der Waals surface area contributed by atoms with Crippen molar-refractivity contribution in [3.63, 3.8) is 0 Å². The van der Waals surface area contributed by atoms with Crippen LogP contribution < -0.4 is 4.90 Å². The monoisotopic (exact) mass is 570 g/mol. The highest BCUT2D eigenvalue weighted by molar-refractivity contribution is 7.17. The second-order valence-electron chi connectivity index (χ2n) is 10.4. The highest BCUT2D eigenvalue weighted by Gasteiger charge is 2.36. The molecule has 0 saturated carbocycles. The van der Waals surface area contributed by atoms with E-state index in [0.29, 0.717) is 30.8 Å². The second kappa shape index (κ2) is 10.6. The number of benzene rings is 1. The molecule has 0 unspecified atom stereocenters. The molecule has 8 nitrogen and oxygen atoms in total.